The van der Waals surface area contributed by atoms with Crippen molar-refractivity contribution in [1.82, 2.24) is 18.9 Å². The summed E-state index contributed by atoms with van der Waals surface area (Å²) in [6.07, 6.45) is 4.66. The predicted molar refractivity (Wildman–Crippen MR) is 119 cm³/mol. The lowest BCUT2D eigenvalue weighted by atomic mass is 10.1. The van der Waals surface area contributed by atoms with Crippen molar-refractivity contribution in [3.63, 3.8) is 0 Å². The number of aromatic nitrogens is 3. The topological polar surface area (TPSA) is 69.2 Å². The SMILES string of the molecule is CCOCC(CC(C)C)N(N)Sc1ccc(Cn2c(C)nc3ccncc32)cc1. The minimum Gasteiger partial charge on any atom is -0.380 e. The Labute approximate surface area is 177 Å². The highest BCUT2D eigenvalue weighted by Crippen LogP contribution is 2.25. The van der Waals surface area contributed by atoms with Crippen molar-refractivity contribution in [2.45, 2.75) is 51.6 Å². The molecule has 0 aliphatic carbocycles. The molecule has 2 N–H and O–H groups in total. The molecular formula is C22H31N5OS. The molecule has 0 saturated carbocycles. The lowest BCUT2D eigenvalue weighted by Crippen LogP contribution is -2.39. The Balaban J connectivity index is 1.67. The maximum absolute atomic E-state index is 6.37. The van der Waals surface area contributed by atoms with Gasteiger partial charge in [-0.2, -0.15) is 4.41 Å². The maximum atomic E-state index is 6.37. The van der Waals surface area contributed by atoms with Crippen molar-refractivity contribution in [3.8, 4) is 0 Å². The number of hydrogen-bond acceptors (Lipinski definition) is 6. The molecule has 0 bridgehead atoms. The van der Waals surface area contributed by atoms with Crippen LogP contribution in [0.5, 0.6) is 0 Å². The molecule has 156 valence electrons. The van der Waals surface area contributed by atoms with Gasteiger partial charge in [0.1, 0.15) is 5.82 Å². The van der Waals surface area contributed by atoms with E-state index in [1.807, 2.05) is 30.5 Å². The van der Waals surface area contributed by atoms with Crippen LogP contribution >= 0.6 is 11.9 Å². The van der Waals surface area contributed by atoms with Crippen LogP contribution < -0.4 is 5.84 Å². The molecule has 0 saturated heterocycles. The van der Waals surface area contributed by atoms with Crippen molar-refractivity contribution in [2.24, 2.45) is 11.8 Å². The second-order valence-corrected chi connectivity index (χ2v) is 8.72. The van der Waals surface area contributed by atoms with Crippen LogP contribution in [0.3, 0.4) is 0 Å². The van der Waals surface area contributed by atoms with Gasteiger partial charge in [-0.25, -0.2) is 4.98 Å². The Morgan fingerprint density at radius 2 is 1.97 bits per heavy atom. The largest absolute Gasteiger partial charge is 0.380 e. The van der Waals surface area contributed by atoms with Gasteiger partial charge in [0.05, 0.1) is 29.9 Å². The van der Waals surface area contributed by atoms with Gasteiger partial charge in [-0.15, -0.1) is 0 Å². The molecule has 2 heterocycles. The van der Waals surface area contributed by atoms with Crippen LogP contribution in [0, 0.1) is 12.8 Å². The van der Waals surface area contributed by atoms with Gasteiger partial charge in [0.25, 0.3) is 0 Å². The van der Waals surface area contributed by atoms with Crippen LogP contribution in [-0.4, -0.2) is 38.2 Å². The highest BCUT2D eigenvalue weighted by Gasteiger charge is 2.18. The Kier molecular flexibility index (Phi) is 7.66. The second-order valence-electron chi connectivity index (χ2n) is 7.65. The molecule has 0 fully saturated rings. The van der Waals surface area contributed by atoms with Crippen LogP contribution in [-0.2, 0) is 11.3 Å². The van der Waals surface area contributed by atoms with E-state index < -0.39 is 0 Å². The number of imidazole rings is 1. The van der Waals surface area contributed by atoms with Crippen LogP contribution in [0.15, 0.2) is 47.6 Å². The molecule has 2 aromatic heterocycles. The molecule has 0 radical (unpaired) electrons. The van der Waals surface area contributed by atoms with Gasteiger partial charge in [0.15, 0.2) is 0 Å². The summed E-state index contributed by atoms with van der Waals surface area (Å²) < 4.78 is 9.66. The van der Waals surface area contributed by atoms with Gasteiger partial charge in [0.2, 0.25) is 0 Å². The lowest BCUT2D eigenvalue weighted by Gasteiger charge is -2.27. The highest BCUT2D eigenvalue weighted by atomic mass is 32.2. The highest BCUT2D eigenvalue weighted by molar-refractivity contribution is 7.97. The number of pyridine rings is 1. The number of hydrazine groups is 1. The number of hydrogen-bond donors (Lipinski definition) is 1. The summed E-state index contributed by atoms with van der Waals surface area (Å²) >= 11 is 1.57. The van der Waals surface area contributed by atoms with Gasteiger partial charge >= 0.3 is 0 Å². The number of nitrogens with zero attached hydrogens (tertiary/aromatic N) is 4. The van der Waals surface area contributed by atoms with Crippen LogP contribution in [0.4, 0.5) is 0 Å². The van der Waals surface area contributed by atoms with E-state index in [1.54, 1.807) is 18.1 Å². The molecule has 6 nitrogen and oxygen atoms in total. The molecule has 3 rings (SSSR count). The van der Waals surface area contributed by atoms with Gasteiger partial charge in [-0.3, -0.25) is 10.8 Å². The van der Waals surface area contributed by atoms with E-state index in [9.17, 15) is 0 Å². The fourth-order valence-electron chi connectivity index (χ4n) is 3.37. The molecule has 0 aliphatic heterocycles. The van der Waals surface area contributed by atoms with Crippen molar-refractivity contribution >= 4 is 23.0 Å². The predicted octanol–water partition coefficient (Wildman–Crippen LogP) is 4.42. The molecule has 0 spiro atoms. The standard InChI is InChI=1S/C22H31N5OS/c1-5-28-15-19(12-16(2)3)27(23)29-20-8-6-18(7-9-20)14-26-17(4)25-21-10-11-24-13-22(21)26/h6-11,13,16,19H,5,12,14-15,23H2,1-4H3. The number of nitrogens with two attached hydrogens (primary N) is 1. The molecular weight excluding hydrogens is 382 g/mol. The molecule has 3 aromatic rings. The third-order valence-corrected chi connectivity index (χ3v) is 5.83. The Bertz CT molecular complexity index is 909. The van der Waals surface area contributed by atoms with E-state index in [0.717, 1.165) is 34.7 Å². The lowest BCUT2D eigenvalue weighted by molar-refractivity contribution is 0.0924. The van der Waals surface area contributed by atoms with E-state index in [1.165, 1.54) is 5.56 Å². The quantitative estimate of drug-likeness (QED) is 0.301. The van der Waals surface area contributed by atoms with Crippen molar-refractivity contribution in [3.05, 3.63) is 54.1 Å². The molecule has 0 amide bonds. The van der Waals surface area contributed by atoms with E-state index in [0.29, 0.717) is 19.1 Å². The Hall–Kier alpha value is -1.93. The fourth-order valence-corrected chi connectivity index (χ4v) is 4.17. The van der Waals surface area contributed by atoms with Crippen LogP contribution in [0.1, 0.15) is 38.6 Å². The van der Waals surface area contributed by atoms with Gasteiger partial charge in [-0.05, 0) is 61.9 Å². The molecule has 7 heteroatoms. The zero-order valence-corrected chi connectivity index (χ0v) is 18.5. The minimum atomic E-state index is 0.187. The number of fused-ring (bicyclic) bond motifs is 1. The average Bonchev–Trinajstić information content (AvgIpc) is 3.01. The van der Waals surface area contributed by atoms with E-state index in [2.05, 4.69) is 52.6 Å². The third kappa shape index (κ3) is 5.79. The Morgan fingerprint density at radius 3 is 2.66 bits per heavy atom. The third-order valence-electron chi connectivity index (χ3n) is 4.83. The van der Waals surface area contributed by atoms with Crippen LogP contribution in [0.2, 0.25) is 0 Å². The maximum Gasteiger partial charge on any atom is 0.107 e. The summed E-state index contributed by atoms with van der Waals surface area (Å²) in [5.74, 6) is 7.93. The smallest absolute Gasteiger partial charge is 0.107 e. The number of benzene rings is 1. The summed E-state index contributed by atoms with van der Waals surface area (Å²) in [7, 11) is 0. The van der Waals surface area contributed by atoms with Crippen molar-refractivity contribution in [2.75, 3.05) is 13.2 Å². The summed E-state index contributed by atoms with van der Waals surface area (Å²) in [5, 5.41) is 0. The molecule has 1 aromatic carbocycles. The van der Waals surface area contributed by atoms with E-state index in [4.69, 9.17) is 10.6 Å². The monoisotopic (exact) mass is 413 g/mol. The van der Waals surface area contributed by atoms with Gasteiger partial charge < -0.3 is 9.30 Å². The second kappa shape index (κ2) is 10.2. The molecule has 1 unspecified atom stereocenters. The number of ether oxygens (including phenoxy) is 1. The molecule has 0 aliphatic rings. The average molecular weight is 414 g/mol. The van der Waals surface area contributed by atoms with Crippen molar-refractivity contribution < 1.29 is 4.74 Å². The van der Waals surface area contributed by atoms with E-state index in [-0.39, 0.29) is 6.04 Å². The summed E-state index contributed by atoms with van der Waals surface area (Å²) in [5.41, 5.74) is 3.26. The first-order valence-electron chi connectivity index (χ1n) is 10.1. The normalized spacial score (nSPS) is 12.9. The first kappa shape index (κ1) is 21.8. The summed E-state index contributed by atoms with van der Waals surface area (Å²) in [6, 6.07) is 10.7. The van der Waals surface area contributed by atoms with Crippen LogP contribution in [0.25, 0.3) is 11.0 Å². The number of aryl methyl sites for hydroxylation is 1. The molecule has 1 atom stereocenters. The first-order chi connectivity index (χ1) is 14.0. The molecule has 29 heavy (non-hydrogen) atoms. The van der Waals surface area contributed by atoms with Crippen molar-refractivity contribution in [1.29, 1.82) is 0 Å². The summed E-state index contributed by atoms with van der Waals surface area (Å²) in [6.45, 7) is 10.6. The van der Waals surface area contributed by atoms with Gasteiger partial charge in [0, 0.05) is 24.2 Å². The fraction of sp³-hybridized carbons (Fsp3) is 0.455. The summed E-state index contributed by atoms with van der Waals surface area (Å²) in [4.78, 5) is 9.98. The Morgan fingerprint density at radius 1 is 1.21 bits per heavy atom. The first-order valence-corrected chi connectivity index (χ1v) is 10.9. The zero-order chi connectivity index (χ0) is 20.8. The zero-order valence-electron chi connectivity index (χ0n) is 17.7. The minimum absolute atomic E-state index is 0.187. The van der Waals surface area contributed by atoms with E-state index >= 15 is 0 Å². The number of rotatable bonds is 10. The van der Waals surface area contributed by atoms with Gasteiger partial charge in [-0.1, -0.05) is 26.0 Å².